The van der Waals surface area contributed by atoms with E-state index in [-0.39, 0.29) is 24.2 Å². The molecule has 2 fully saturated rings. The van der Waals surface area contributed by atoms with E-state index in [0.29, 0.717) is 51.6 Å². The molecule has 1 aromatic rings. The number of carbonyl (C=O) groups is 3. The van der Waals surface area contributed by atoms with Crippen LogP contribution in [0.1, 0.15) is 6.42 Å². The Hall–Kier alpha value is -2.61. The van der Waals surface area contributed by atoms with Gasteiger partial charge in [0.15, 0.2) is 0 Å². The minimum Gasteiger partial charge on any atom is -0.410 e. The maximum atomic E-state index is 12.7. The fourth-order valence-corrected chi connectivity index (χ4v) is 3.38. The van der Waals surface area contributed by atoms with Crippen LogP contribution in [0.15, 0.2) is 30.3 Å². The van der Waals surface area contributed by atoms with Crippen molar-refractivity contribution in [1.82, 2.24) is 14.7 Å². The summed E-state index contributed by atoms with van der Waals surface area (Å²) in [4.78, 5) is 42.0. The number of hydrogen-bond donors (Lipinski definition) is 0. The summed E-state index contributed by atoms with van der Waals surface area (Å²) in [5.74, 6) is 0.175. The number of amides is 3. The molecule has 0 spiro atoms. The highest BCUT2D eigenvalue weighted by atomic mass is 16.6. The van der Waals surface area contributed by atoms with Crippen LogP contribution in [-0.2, 0) is 14.3 Å². The second-order valence-corrected chi connectivity index (χ2v) is 6.73. The molecule has 0 saturated carbocycles. The zero-order chi connectivity index (χ0) is 19.2. The van der Waals surface area contributed by atoms with Crippen LogP contribution >= 0.6 is 0 Å². The molecule has 1 unspecified atom stereocenters. The Morgan fingerprint density at radius 1 is 1.07 bits per heavy atom. The summed E-state index contributed by atoms with van der Waals surface area (Å²) in [6.45, 7) is 3.16. The molecule has 2 aliphatic heterocycles. The Morgan fingerprint density at radius 2 is 1.74 bits per heavy atom. The monoisotopic (exact) mass is 375 g/mol. The highest BCUT2D eigenvalue weighted by molar-refractivity contribution is 5.89. The molecule has 1 aromatic carbocycles. The fourth-order valence-electron chi connectivity index (χ4n) is 3.38. The van der Waals surface area contributed by atoms with Crippen LogP contribution in [0.3, 0.4) is 0 Å². The highest BCUT2D eigenvalue weighted by Crippen LogP contribution is 2.21. The molecule has 146 valence electrons. The average Bonchev–Trinajstić information content (AvgIpc) is 3.07. The number of hydrogen-bond acceptors (Lipinski definition) is 5. The molecule has 2 heterocycles. The van der Waals surface area contributed by atoms with E-state index in [1.807, 2.05) is 6.07 Å². The molecule has 2 aliphatic rings. The molecule has 8 nitrogen and oxygen atoms in total. The number of piperazine rings is 1. The lowest BCUT2D eigenvalue weighted by atomic mass is 10.1. The largest absolute Gasteiger partial charge is 0.415 e. The summed E-state index contributed by atoms with van der Waals surface area (Å²) in [6.07, 6.45) is -0.159. The second kappa shape index (κ2) is 8.85. The van der Waals surface area contributed by atoms with Gasteiger partial charge in [-0.05, 0) is 12.1 Å². The predicted octanol–water partition coefficient (Wildman–Crippen LogP) is 0.824. The van der Waals surface area contributed by atoms with E-state index >= 15 is 0 Å². The van der Waals surface area contributed by atoms with Crippen molar-refractivity contribution in [3.8, 4) is 5.75 Å². The number of likely N-dealkylation sites (tertiary alicyclic amines) is 1. The number of nitrogens with zero attached hydrogens (tertiary/aromatic N) is 3. The summed E-state index contributed by atoms with van der Waals surface area (Å²) in [5, 5.41) is 0. The van der Waals surface area contributed by atoms with Crippen molar-refractivity contribution in [3.05, 3.63) is 30.3 Å². The first-order valence-corrected chi connectivity index (χ1v) is 9.16. The molecule has 0 aromatic heterocycles. The van der Waals surface area contributed by atoms with E-state index in [1.165, 1.54) is 0 Å². The van der Waals surface area contributed by atoms with Crippen molar-refractivity contribution in [3.63, 3.8) is 0 Å². The lowest BCUT2D eigenvalue weighted by Gasteiger charge is -2.35. The minimum absolute atomic E-state index is 0.00419. The predicted molar refractivity (Wildman–Crippen MR) is 97.2 cm³/mol. The summed E-state index contributed by atoms with van der Waals surface area (Å²) in [7, 11) is 1.59. The molecule has 3 rings (SSSR count). The van der Waals surface area contributed by atoms with E-state index in [4.69, 9.17) is 9.47 Å². The molecule has 27 heavy (non-hydrogen) atoms. The van der Waals surface area contributed by atoms with Crippen molar-refractivity contribution in [2.75, 3.05) is 53.0 Å². The van der Waals surface area contributed by atoms with Crippen molar-refractivity contribution in [2.24, 2.45) is 5.92 Å². The van der Waals surface area contributed by atoms with E-state index in [1.54, 1.807) is 46.1 Å². The molecular weight excluding hydrogens is 350 g/mol. The Kier molecular flexibility index (Phi) is 6.28. The number of para-hydroxylation sites is 1. The van der Waals surface area contributed by atoms with Crippen LogP contribution < -0.4 is 4.74 Å². The quantitative estimate of drug-likeness (QED) is 0.762. The third kappa shape index (κ3) is 4.77. The lowest BCUT2D eigenvalue weighted by molar-refractivity contribution is -0.137. The first-order chi connectivity index (χ1) is 13.1. The number of ether oxygens (including phenoxy) is 2. The Morgan fingerprint density at radius 3 is 2.41 bits per heavy atom. The normalized spacial score (nSPS) is 20.1. The molecule has 2 saturated heterocycles. The second-order valence-electron chi connectivity index (χ2n) is 6.73. The number of benzene rings is 1. The molecule has 0 N–H and O–H groups in total. The van der Waals surface area contributed by atoms with Gasteiger partial charge in [-0.25, -0.2) is 4.79 Å². The van der Waals surface area contributed by atoms with Gasteiger partial charge in [-0.15, -0.1) is 0 Å². The topological polar surface area (TPSA) is 79.4 Å². The number of carbonyl (C=O) groups excluding carboxylic acids is 3. The maximum Gasteiger partial charge on any atom is 0.415 e. The van der Waals surface area contributed by atoms with Gasteiger partial charge in [0.1, 0.15) is 5.75 Å². The van der Waals surface area contributed by atoms with Crippen molar-refractivity contribution in [1.29, 1.82) is 0 Å². The Bertz CT molecular complexity index is 673. The molecule has 0 radical (unpaired) electrons. The third-order valence-electron chi connectivity index (χ3n) is 4.93. The van der Waals surface area contributed by atoms with Crippen molar-refractivity contribution >= 4 is 17.9 Å². The van der Waals surface area contributed by atoms with Crippen LogP contribution in [0.25, 0.3) is 0 Å². The van der Waals surface area contributed by atoms with E-state index < -0.39 is 6.09 Å². The van der Waals surface area contributed by atoms with Gasteiger partial charge in [0, 0.05) is 52.8 Å². The van der Waals surface area contributed by atoms with Crippen LogP contribution in [0, 0.1) is 5.92 Å². The first kappa shape index (κ1) is 19.2. The van der Waals surface area contributed by atoms with Crippen molar-refractivity contribution < 1.29 is 23.9 Å². The van der Waals surface area contributed by atoms with Crippen LogP contribution in [-0.4, -0.2) is 85.6 Å². The highest BCUT2D eigenvalue weighted by Gasteiger charge is 2.37. The van der Waals surface area contributed by atoms with Crippen molar-refractivity contribution in [2.45, 2.75) is 6.42 Å². The zero-order valence-electron chi connectivity index (χ0n) is 15.5. The van der Waals surface area contributed by atoms with E-state index in [0.717, 1.165) is 0 Å². The summed E-state index contributed by atoms with van der Waals surface area (Å²) in [5.41, 5.74) is 0. The van der Waals surface area contributed by atoms with Gasteiger partial charge >= 0.3 is 6.09 Å². The third-order valence-corrected chi connectivity index (χ3v) is 4.93. The molecule has 0 bridgehead atoms. The van der Waals surface area contributed by atoms with Gasteiger partial charge in [0.25, 0.3) is 0 Å². The lowest BCUT2D eigenvalue weighted by Crippen LogP contribution is -2.52. The summed E-state index contributed by atoms with van der Waals surface area (Å²) in [6, 6.07) is 8.91. The van der Waals surface area contributed by atoms with E-state index in [9.17, 15) is 14.4 Å². The first-order valence-electron chi connectivity index (χ1n) is 9.16. The molecule has 0 aliphatic carbocycles. The maximum absolute atomic E-state index is 12.7. The van der Waals surface area contributed by atoms with Crippen LogP contribution in [0.4, 0.5) is 4.79 Å². The van der Waals surface area contributed by atoms with Crippen LogP contribution in [0.2, 0.25) is 0 Å². The summed E-state index contributed by atoms with van der Waals surface area (Å²) >= 11 is 0. The van der Waals surface area contributed by atoms with Gasteiger partial charge in [0.05, 0.1) is 12.5 Å². The molecule has 8 heteroatoms. The molecule has 1 atom stereocenters. The Balaban J connectivity index is 1.47. The fraction of sp³-hybridized carbons (Fsp3) is 0.526. The van der Waals surface area contributed by atoms with Gasteiger partial charge < -0.3 is 24.2 Å². The van der Waals surface area contributed by atoms with E-state index in [2.05, 4.69) is 0 Å². The summed E-state index contributed by atoms with van der Waals surface area (Å²) < 4.78 is 10.3. The number of rotatable bonds is 5. The van der Waals surface area contributed by atoms with Crippen LogP contribution in [0.5, 0.6) is 5.75 Å². The standard InChI is InChI=1S/C19H25N3O5/c1-26-12-11-22-14-15(13-17(22)23)18(24)20-7-9-21(10-8-20)19(25)27-16-5-3-2-4-6-16/h2-6,15H,7-14H2,1H3. The van der Waals surface area contributed by atoms with Gasteiger partial charge in [-0.3, -0.25) is 9.59 Å². The average molecular weight is 375 g/mol. The Labute approximate surface area is 158 Å². The van der Waals surface area contributed by atoms with Gasteiger partial charge in [-0.2, -0.15) is 0 Å². The molecule has 3 amide bonds. The smallest absolute Gasteiger partial charge is 0.410 e. The molecular formula is C19H25N3O5. The van der Waals surface area contributed by atoms with Gasteiger partial charge in [-0.1, -0.05) is 18.2 Å². The number of methoxy groups -OCH3 is 1. The minimum atomic E-state index is -0.407. The van der Waals surface area contributed by atoms with Gasteiger partial charge in [0.2, 0.25) is 11.8 Å². The zero-order valence-corrected chi connectivity index (χ0v) is 15.5. The SMILES string of the molecule is COCCN1CC(C(=O)N2CCN(C(=O)Oc3ccccc3)CC2)CC1=O.